The third kappa shape index (κ3) is 3.00. The summed E-state index contributed by atoms with van der Waals surface area (Å²) in [5.41, 5.74) is 2.61. The largest absolute Gasteiger partial charge is 0.479 e. The minimum atomic E-state index is -1.03. The highest BCUT2D eigenvalue weighted by atomic mass is 16.4. The Morgan fingerprint density at radius 1 is 1.25 bits per heavy atom. The normalized spacial score (nSPS) is 21.1. The molecule has 2 N–H and O–H groups in total. The number of nitrogens with one attached hydrogen (secondary N) is 1. The predicted molar refractivity (Wildman–Crippen MR) is 76.3 cm³/mol. The van der Waals surface area contributed by atoms with Crippen LogP contribution in [0.4, 0.5) is 0 Å². The molecule has 1 unspecified atom stereocenters. The highest BCUT2D eigenvalue weighted by Crippen LogP contribution is 2.51. The van der Waals surface area contributed by atoms with E-state index in [1.54, 1.807) is 0 Å². The number of amides is 1. The van der Waals surface area contributed by atoms with Crippen molar-refractivity contribution in [2.24, 2.45) is 11.3 Å². The summed E-state index contributed by atoms with van der Waals surface area (Å²) in [5.74, 6) is -1.27. The standard InChI is InChI=1S/C16H21NO3/c1-9-5-10(2)7-11(6-9)13(15(19)20)17-14(18)12-8-16(12,3)4/h5-7,12-13H,8H2,1-4H3,(H,17,18)(H,19,20)/t12-,13?/m1/s1. The lowest BCUT2D eigenvalue weighted by Gasteiger charge is -2.17. The molecule has 2 rings (SSSR count). The average molecular weight is 275 g/mol. The summed E-state index contributed by atoms with van der Waals surface area (Å²) < 4.78 is 0. The van der Waals surface area contributed by atoms with E-state index < -0.39 is 12.0 Å². The van der Waals surface area contributed by atoms with Crippen LogP contribution in [0.25, 0.3) is 0 Å². The number of carbonyl (C=O) groups is 2. The smallest absolute Gasteiger partial charge is 0.330 e. The van der Waals surface area contributed by atoms with Crippen molar-refractivity contribution >= 4 is 11.9 Å². The molecule has 1 amide bonds. The molecule has 0 aliphatic heterocycles. The molecule has 20 heavy (non-hydrogen) atoms. The number of carbonyl (C=O) groups excluding carboxylic acids is 1. The molecule has 0 heterocycles. The molecule has 0 aromatic heterocycles. The van der Waals surface area contributed by atoms with Crippen molar-refractivity contribution in [3.05, 3.63) is 34.9 Å². The Morgan fingerprint density at radius 3 is 2.15 bits per heavy atom. The van der Waals surface area contributed by atoms with Gasteiger partial charge in [-0.15, -0.1) is 0 Å². The van der Waals surface area contributed by atoms with Crippen molar-refractivity contribution in [1.29, 1.82) is 0 Å². The van der Waals surface area contributed by atoms with E-state index in [4.69, 9.17) is 0 Å². The first-order valence-electron chi connectivity index (χ1n) is 6.82. The fourth-order valence-electron chi connectivity index (χ4n) is 2.62. The van der Waals surface area contributed by atoms with E-state index in [0.29, 0.717) is 5.56 Å². The van der Waals surface area contributed by atoms with Gasteiger partial charge in [0.15, 0.2) is 6.04 Å². The molecular formula is C16H21NO3. The van der Waals surface area contributed by atoms with E-state index in [1.807, 2.05) is 45.9 Å². The van der Waals surface area contributed by atoms with Gasteiger partial charge < -0.3 is 10.4 Å². The van der Waals surface area contributed by atoms with Gasteiger partial charge in [-0.25, -0.2) is 4.79 Å². The van der Waals surface area contributed by atoms with Gasteiger partial charge in [0.05, 0.1) is 0 Å². The third-order valence-electron chi connectivity index (χ3n) is 3.94. The number of aryl methyl sites for hydroxylation is 2. The van der Waals surface area contributed by atoms with E-state index in [0.717, 1.165) is 17.5 Å². The molecule has 1 aliphatic carbocycles. The molecular weight excluding hydrogens is 254 g/mol. The second-order valence-corrected chi connectivity index (χ2v) is 6.45. The number of hydrogen-bond donors (Lipinski definition) is 2. The van der Waals surface area contributed by atoms with E-state index >= 15 is 0 Å². The quantitative estimate of drug-likeness (QED) is 0.887. The summed E-state index contributed by atoms with van der Waals surface area (Å²) in [6, 6.07) is 4.63. The highest BCUT2D eigenvalue weighted by molar-refractivity contribution is 5.88. The predicted octanol–water partition coefficient (Wildman–Crippen LogP) is 2.59. The molecule has 0 radical (unpaired) electrons. The van der Waals surface area contributed by atoms with Crippen molar-refractivity contribution in [2.75, 3.05) is 0 Å². The second-order valence-electron chi connectivity index (χ2n) is 6.45. The topological polar surface area (TPSA) is 66.4 Å². The zero-order valence-corrected chi connectivity index (χ0v) is 12.4. The van der Waals surface area contributed by atoms with Gasteiger partial charge in [-0.2, -0.15) is 0 Å². The zero-order valence-electron chi connectivity index (χ0n) is 12.4. The number of aliphatic carboxylic acids is 1. The van der Waals surface area contributed by atoms with Gasteiger partial charge in [0.2, 0.25) is 5.91 Å². The van der Waals surface area contributed by atoms with Gasteiger partial charge in [-0.05, 0) is 31.2 Å². The first kappa shape index (κ1) is 14.6. The maximum atomic E-state index is 12.1. The van der Waals surface area contributed by atoms with E-state index in [-0.39, 0.29) is 17.2 Å². The number of rotatable bonds is 4. The minimum Gasteiger partial charge on any atom is -0.479 e. The van der Waals surface area contributed by atoms with Crippen LogP contribution < -0.4 is 5.32 Å². The number of carboxylic acid groups (broad SMARTS) is 1. The molecule has 1 saturated carbocycles. The van der Waals surface area contributed by atoms with Crippen molar-refractivity contribution in [3.8, 4) is 0 Å². The lowest BCUT2D eigenvalue weighted by molar-refractivity contribution is -0.142. The summed E-state index contributed by atoms with van der Waals surface area (Å²) in [5, 5.41) is 12.0. The molecule has 2 atom stereocenters. The van der Waals surface area contributed by atoms with Gasteiger partial charge >= 0.3 is 5.97 Å². The fourth-order valence-corrected chi connectivity index (χ4v) is 2.62. The SMILES string of the molecule is Cc1cc(C)cc(C(NC(=O)[C@H]2CC2(C)C)C(=O)O)c1. The van der Waals surface area contributed by atoms with Gasteiger partial charge in [-0.1, -0.05) is 43.2 Å². The molecule has 0 bridgehead atoms. The molecule has 1 fully saturated rings. The molecule has 0 saturated heterocycles. The molecule has 4 heteroatoms. The third-order valence-corrected chi connectivity index (χ3v) is 3.94. The summed E-state index contributed by atoms with van der Waals surface area (Å²) in [7, 11) is 0. The van der Waals surface area contributed by atoms with Gasteiger partial charge in [0.25, 0.3) is 0 Å². The summed E-state index contributed by atoms with van der Waals surface area (Å²) >= 11 is 0. The van der Waals surface area contributed by atoms with Gasteiger partial charge in [0, 0.05) is 5.92 Å². The summed E-state index contributed by atoms with van der Waals surface area (Å²) in [6.45, 7) is 7.87. The van der Waals surface area contributed by atoms with Crippen LogP contribution in [0.5, 0.6) is 0 Å². The van der Waals surface area contributed by atoms with Crippen LogP contribution >= 0.6 is 0 Å². The maximum absolute atomic E-state index is 12.1. The molecule has 1 aromatic rings. The molecule has 4 nitrogen and oxygen atoms in total. The molecule has 1 aromatic carbocycles. The first-order chi connectivity index (χ1) is 9.20. The van der Waals surface area contributed by atoms with Crippen LogP contribution in [0.2, 0.25) is 0 Å². The van der Waals surface area contributed by atoms with Gasteiger partial charge in [-0.3, -0.25) is 4.79 Å². The van der Waals surface area contributed by atoms with Gasteiger partial charge in [0.1, 0.15) is 0 Å². The number of benzene rings is 1. The first-order valence-corrected chi connectivity index (χ1v) is 6.82. The van der Waals surface area contributed by atoms with Crippen molar-refractivity contribution in [3.63, 3.8) is 0 Å². The van der Waals surface area contributed by atoms with E-state index in [1.165, 1.54) is 0 Å². The lowest BCUT2D eigenvalue weighted by Crippen LogP contribution is -2.35. The van der Waals surface area contributed by atoms with Crippen molar-refractivity contribution in [2.45, 2.75) is 40.2 Å². The number of carboxylic acids is 1. The molecule has 1 aliphatic rings. The van der Waals surface area contributed by atoms with Crippen LogP contribution in [0.1, 0.15) is 43.0 Å². The highest BCUT2D eigenvalue weighted by Gasteiger charge is 2.51. The second kappa shape index (κ2) is 4.93. The Balaban J connectivity index is 2.19. The average Bonchev–Trinajstić information content (AvgIpc) is 2.93. The Kier molecular flexibility index (Phi) is 3.59. The Bertz CT molecular complexity index is 543. The molecule has 108 valence electrons. The lowest BCUT2D eigenvalue weighted by atomic mass is 10.0. The van der Waals surface area contributed by atoms with Crippen LogP contribution in [-0.2, 0) is 9.59 Å². The fraction of sp³-hybridized carbons (Fsp3) is 0.500. The van der Waals surface area contributed by atoms with Crippen LogP contribution in [0.15, 0.2) is 18.2 Å². The number of hydrogen-bond acceptors (Lipinski definition) is 2. The monoisotopic (exact) mass is 275 g/mol. The summed E-state index contributed by atoms with van der Waals surface area (Å²) in [4.78, 5) is 23.6. The summed E-state index contributed by atoms with van der Waals surface area (Å²) in [6.07, 6.45) is 0.817. The van der Waals surface area contributed by atoms with Crippen LogP contribution in [-0.4, -0.2) is 17.0 Å². The maximum Gasteiger partial charge on any atom is 0.330 e. The Hall–Kier alpha value is -1.84. The van der Waals surface area contributed by atoms with Crippen molar-refractivity contribution in [1.82, 2.24) is 5.32 Å². The van der Waals surface area contributed by atoms with Crippen molar-refractivity contribution < 1.29 is 14.7 Å². The molecule has 0 spiro atoms. The Labute approximate surface area is 119 Å². The minimum absolute atomic E-state index is 0.00431. The van der Waals surface area contributed by atoms with Crippen LogP contribution in [0, 0.1) is 25.2 Å². The van der Waals surface area contributed by atoms with E-state index in [2.05, 4.69) is 5.32 Å². The van der Waals surface area contributed by atoms with Crippen LogP contribution in [0.3, 0.4) is 0 Å². The Morgan fingerprint density at radius 2 is 1.75 bits per heavy atom. The zero-order chi connectivity index (χ0) is 15.1. The van der Waals surface area contributed by atoms with E-state index in [9.17, 15) is 14.7 Å².